The number of carbonyl (C=O) groups is 1. The van der Waals surface area contributed by atoms with Gasteiger partial charge < -0.3 is 15.2 Å². The van der Waals surface area contributed by atoms with Crippen molar-refractivity contribution in [3.63, 3.8) is 0 Å². The second kappa shape index (κ2) is 6.19. The Bertz CT molecular complexity index is 518. The number of ether oxygens (including phenoxy) is 1. The van der Waals surface area contributed by atoms with Gasteiger partial charge in [-0.1, -0.05) is 0 Å². The second-order valence-corrected chi connectivity index (χ2v) is 3.61. The zero-order valence-corrected chi connectivity index (χ0v) is 9.81. The highest BCUT2D eigenvalue weighted by Crippen LogP contribution is 2.27. The van der Waals surface area contributed by atoms with E-state index in [4.69, 9.17) is 0 Å². The number of nitrogens with zero attached hydrogens (tertiary/aromatic N) is 1. The van der Waals surface area contributed by atoms with Crippen LogP contribution in [0.1, 0.15) is 0 Å². The minimum atomic E-state index is -4.56. The molecule has 0 saturated heterocycles. The summed E-state index contributed by atoms with van der Waals surface area (Å²) in [5, 5.41) is 21.9. The van der Waals surface area contributed by atoms with Crippen LogP contribution in [0.2, 0.25) is 0 Å². The van der Waals surface area contributed by atoms with Gasteiger partial charge in [-0.15, -0.1) is 0 Å². The lowest BCUT2D eigenvalue weighted by Gasteiger charge is -2.09. The molecule has 0 aliphatic rings. The van der Waals surface area contributed by atoms with Gasteiger partial charge in [0, 0.05) is 12.1 Å². The van der Waals surface area contributed by atoms with Crippen molar-refractivity contribution in [1.29, 1.82) is 0 Å². The van der Waals surface area contributed by atoms with E-state index in [-0.39, 0.29) is 5.69 Å². The van der Waals surface area contributed by atoms with Crippen molar-refractivity contribution in [2.75, 3.05) is 18.5 Å². The Kier molecular flexibility index (Phi) is 4.86. The van der Waals surface area contributed by atoms with Crippen molar-refractivity contribution in [3.05, 3.63) is 28.3 Å². The summed E-state index contributed by atoms with van der Waals surface area (Å²) >= 11 is 0. The van der Waals surface area contributed by atoms with Gasteiger partial charge >= 0.3 is 6.18 Å². The van der Waals surface area contributed by atoms with Crippen LogP contribution in [0, 0.1) is 10.1 Å². The van der Waals surface area contributed by atoms with Crippen molar-refractivity contribution in [3.8, 4) is 5.75 Å². The Morgan fingerprint density at radius 1 is 1.45 bits per heavy atom. The van der Waals surface area contributed by atoms with Crippen molar-refractivity contribution >= 4 is 17.3 Å². The number of amides is 1. The molecule has 0 fully saturated rings. The van der Waals surface area contributed by atoms with Gasteiger partial charge in [-0.25, -0.2) is 0 Å². The fourth-order valence-corrected chi connectivity index (χ4v) is 1.18. The maximum absolute atomic E-state index is 11.8. The number of rotatable bonds is 5. The van der Waals surface area contributed by atoms with Gasteiger partial charge in [0.2, 0.25) is 5.91 Å². The second-order valence-electron chi connectivity index (χ2n) is 3.61. The summed E-state index contributed by atoms with van der Waals surface area (Å²) in [5.74, 6) is -1.44. The van der Waals surface area contributed by atoms with E-state index in [1.54, 1.807) is 0 Å². The van der Waals surface area contributed by atoms with Crippen LogP contribution in [-0.4, -0.2) is 35.3 Å². The predicted octanol–water partition coefficient (Wildman–Crippen LogP) is 1.82. The summed E-state index contributed by atoms with van der Waals surface area (Å²) < 4.78 is 39.4. The first-order valence-electron chi connectivity index (χ1n) is 5.11. The van der Waals surface area contributed by atoms with E-state index < -0.39 is 41.7 Å². The number of nitrogens with one attached hydrogen (secondary N) is 1. The van der Waals surface area contributed by atoms with Crippen LogP contribution in [-0.2, 0) is 9.53 Å². The molecule has 0 aromatic heterocycles. The number of nitro benzene ring substituents is 1. The molecule has 0 aliphatic carbocycles. The highest BCUT2D eigenvalue weighted by atomic mass is 19.4. The molecular formula is C10H9F3N2O5. The lowest BCUT2D eigenvalue weighted by molar-refractivity contribution is -0.384. The Hall–Kier alpha value is -2.36. The number of hydrogen-bond acceptors (Lipinski definition) is 5. The summed E-state index contributed by atoms with van der Waals surface area (Å²) in [6.45, 7) is -2.50. The normalized spacial score (nSPS) is 11.2. The fraction of sp³-hybridized carbons (Fsp3) is 0.300. The van der Waals surface area contributed by atoms with Crippen LogP contribution >= 0.6 is 0 Å². The van der Waals surface area contributed by atoms with Crippen molar-refractivity contribution in [2.45, 2.75) is 6.18 Å². The highest BCUT2D eigenvalue weighted by molar-refractivity contribution is 5.93. The third-order valence-electron chi connectivity index (χ3n) is 1.96. The number of benzene rings is 1. The average molecular weight is 294 g/mol. The SMILES string of the molecule is O=C(COCC(F)(F)F)Nc1cc([N+](=O)[O-])ccc1O. The summed E-state index contributed by atoms with van der Waals surface area (Å²) in [7, 11) is 0. The highest BCUT2D eigenvalue weighted by Gasteiger charge is 2.27. The molecule has 1 amide bonds. The van der Waals surface area contributed by atoms with Gasteiger partial charge in [-0.2, -0.15) is 13.2 Å². The quantitative estimate of drug-likeness (QED) is 0.490. The maximum Gasteiger partial charge on any atom is 0.411 e. The first kappa shape index (κ1) is 15.7. The molecular weight excluding hydrogens is 285 g/mol. The number of anilines is 1. The third kappa shape index (κ3) is 5.10. The molecule has 0 bridgehead atoms. The molecule has 0 atom stereocenters. The van der Waals surface area contributed by atoms with E-state index in [9.17, 15) is 33.2 Å². The number of non-ortho nitro benzene ring substituents is 1. The molecule has 2 N–H and O–H groups in total. The maximum atomic E-state index is 11.8. The molecule has 1 aromatic carbocycles. The van der Waals surface area contributed by atoms with Crippen LogP contribution in [0.5, 0.6) is 5.75 Å². The van der Waals surface area contributed by atoms with Crippen LogP contribution in [0.15, 0.2) is 18.2 Å². The molecule has 0 heterocycles. The number of halogens is 3. The van der Waals surface area contributed by atoms with Gasteiger partial charge in [-0.05, 0) is 6.07 Å². The fourth-order valence-electron chi connectivity index (χ4n) is 1.18. The number of aromatic hydroxyl groups is 1. The Balaban J connectivity index is 2.62. The summed E-state index contributed by atoms with van der Waals surface area (Å²) in [4.78, 5) is 21.0. The van der Waals surface area contributed by atoms with Gasteiger partial charge in [0.05, 0.1) is 10.6 Å². The first-order valence-corrected chi connectivity index (χ1v) is 5.11. The predicted molar refractivity (Wildman–Crippen MR) is 60.3 cm³/mol. The largest absolute Gasteiger partial charge is 0.506 e. The lowest BCUT2D eigenvalue weighted by atomic mass is 10.2. The minimum absolute atomic E-state index is 0.292. The summed E-state index contributed by atoms with van der Waals surface area (Å²) in [6, 6.07) is 2.85. The van der Waals surface area contributed by atoms with Crippen LogP contribution in [0.3, 0.4) is 0 Å². The third-order valence-corrected chi connectivity index (χ3v) is 1.96. The molecule has 0 saturated carbocycles. The van der Waals surface area contributed by atoms with Gasteiger partial charge in [0.1, 0.15) is 19.0 Å². The van der Waals surface area contributed by atoms with E-state index in [2.05, 4.69) is 4.74 Å². The van der Waals surface area contributed by atoms with E-state index in [0.29, 0.717) is 0 Å². The number of phenolic OH excluding ortho intramolecular Hbond substituents is 1. The lowest BCUT2D eigenvalue weighted by Crippen LogP contribution is -2.24. The monoisotopic (exact) mass is 294 g/mol. The Morgan fingerprint density at radius 2 is 2.10 bits per heavy atom. The minimum Gasteiger partial charge on any atom is -0.506 e. The van der Waals surface area contributed by atoms with Gasteiger partial charge in [-0.3, -0.25) is 14.9 Å². The van der Waals surface area contributed by atoms with E-state index in [1.807, 2.05) is 5.32 Å². The molecule has 10 heteroatoms. The van der Waals surface area contributed by atoms with E-state index in [1.165, 1.54) is 0 Å². The molecule has 0 spiro atoms. The van der Waals surface area contributed by atoms with Crippen molar-refractivity contribution in [2.24, 2.45) is 0 Å². The first-order chi connectivity index (χ1) is 9.19. The molecule has 1 aromatic rings. The number of phenols is 1. The van der Waals surface area contributed by atoms with Crippen LogP contribution in [0.25, 0.3) is 0 Å². The molecule has 7 nitrogen and oxygen atoms in total. The topological polar surface area (TPSA) is 102 Å². The van der Waals surface area contributed by atoms with Gasteiger partial charge in [0.25, 0.3) is 5.69 Å². The smallest absolute Gasteiger partial charge is 0.411 e. The Labute approximate surface area is 110 Å². The standard InChI is InChI=1S/C10H9F3N2O5/c11-10(12,13)5-20-4-9(17)14-7-3-6(15(18)19)1-2-8(7)16/h1-3,16H,4-5H2,(H,14,17). The molecule has 0 aliphatic heterocycles. The molecule has 110 valence electrons. The van der Waals surface area contributed by atoms with Crippen molar-refractivity contribution in [1.82, 2.24) is 0 Å². The molecule has 0 unspecified atom stereocenters. The molecule has 1 rings (SSSR count). The zero-order valence-electron chi connectivity index (χ0n) is 9.81. The zero-order chi connectivity index (χ0) is 15.3. The number of hydrogen-bond donors (Lipinski definition) is 2. The van der Waals surface area contributed by atoms with Crippen LogP contribution < -0.4 is 5.32 Å². The van der Waals surface area contributed by atoms with Gasteiger partial charge in [0.15, 0.2) is 0 Å². The average Bonchev–Trinajstić information content (AvgIpc) is 2.30. The molecule has 20 heavy (non-hydrogen) atoms. The van der Waals surface area contributed by atoms with E-state index >= 15 is 0 Å². The summed E-state index contributed by atoms with van der Waals surface area (Å²) in [6.07, 6.45) is -4.56. The number of alkyl halides is 3. The Morgan fingerprint density at radius 3 is 2.65 bits per heavy atom. The van der Waals surface area contributed by atoms with Crippen LogP contribution in [0.4, 0.5) is 24.5 Å². The summed E-state index contributed by atoms with van der Waals surface area (Å²) in [5.41, 5.74) is -0.686. The van der Waals surface area contributed by atoms with Crippen molar-refractivity contribution < 1.29 is 32.7 Å². The van der Waals surface area contributed by atoms with E-state index in [0.717, 1.165) is 18.2 Å². The molecule has 0 radical (unpaired) electrons. The number of nitro groups is 1. The number of carbonyl (C=O) groups excluding carboxylic acids is 1.